The van der Waals surface area contributed by atoms with Crippen LogP contribution in [0, 0.1) is 0 Å². The molecular weight excluding hydrogens is 508 g/mol. The standard InChI is InChI=1S/C33H27ClN2O3/c1-3-11-26-18-24(21-30(38-2)32(26)39-22-23-12-10-15-27(34)19-23)20-29-31(25-13-6-4-7-14-25)35-36(33(29)37)28-16-8-5-9-17-28/h3-10,12-21H,1,11,22H2,2H3/b29-20-. The lowest BCUT2D eigenvalue weighted by atomic mass is 9.98. The van der Waals surface area contributed by atoms with Crippen molar-refractivity contribution in [1.29, 1.82) is 0 Å². The Labute approximate surface area is 233 Å². The predicted octanol–water partition coefficient (Wildman–Crippen LogP) is 7.49. The molecule has 4 aromatic carbocycles. The molecule has 1 aliphatic heterocycles. The second-order valence-corrected chi connectivity index (χ2v) is 9.38. The molecule has 0 atom stereocenters. The molecule has 0 bridgehead atoms. The number of para-hydroxylation sites is 1. The molecule has 1 amide bonds. The lowest BCUT2D eigenvalue weighted by molar-refractivity contribution is -0.114. The number of halogens is 1. The van der Waals surface area contributed by atoms with Gasteiger partial charge in [0.25, 0.3) is 5.91 Å². The maximum atomic E-state index is 13.7. The Balaban J connectivity index is 1.55. The summed E-state index contributed by atoms with van der Waals surface area (Å²) in [5, 5.41) is 6.82. The molecule has 0 aromatic heterocycles. The highest BCUT2D eigenvalue weighted by Gasteiger charge is 2.32. The highest BCUT2D eigenvalue weighted by Crippen LogP contribution is 2.36. The van der Waals surface area contributed by atoms with Crippen LogP contribution < -0.4 is 14.5 Å². The van der Waals surface area contributed by atoms with E-state index in [2.05, 4.69) is 6.58 Å². The minimum atomic E-state index is -0.203. The molecule has 5 nitrogen and oxygen atoms in total. The number of ether oxygens (including phenoxy) is 2. The largest absolute Gasteiger partial charge is 0.493 e. The number of hydrogen-bond acceptors (Lipinski definition) is 4. The quantitative estimate of drug-likeness (QED) is 0.165. The predicted molar refractivity (Wildman–Crippen MR) is 158 cm³/mol. The third-order valence-corrected chi connectivity index (χ3v) is 6.48. The van der Waals surface area contributed by atoms with Gasteiger partial charge in [-0.1, -0.05) is 78.3 Å². The summed E-state index contributed by atoms with van der Waals surface area (Å²) in [5.41, 5.74) is 5.28. The summed E-state index contributed by atoms with van der Waals surface area (Å²) >= 11 is 6.14. The molecule has 1 heterocycles. The molecule has 0 fully saturated rings. The number of nitrogens with zero attached hydrogens (tertiary/aromatic N) is 2. The Kier molecular flexibility index (Phi) is 7.90. The molecule has 194 valence electrons. The van der Waals surface area contributed by atoms with E-state index < -0.39 is 0 Å². The molecule has 0 saturated heterocycles. The number of carbonyl (C=O) groups is 1. The highest BCUT2D eigenvalue weighted by atomic mass is 35.5. The van der Waals surface area contributed by atoms with Gasteiger partial charge in [-0.3, -0.25) is 4.79 Å². The fraction of sp³-hybridized carbons (Fsp3) is 0.0909. The zero-order valence-electron chi connectivity index (χ0n) is 21.5. The molecule has 0 saturated carbocycles. The lowest BCUT2D eigenvalue weighted by Crippen LogP contribution is -2.21. The summed E-state index contributed by atoms with van der Waals surface area (Å²) in [5.74, 6) is 0.984. The van der Waals surface area contributed by atoms with Gasteiger partial charge in [0.1, 0.15) is 12.3 Å². The SMILES string of the molecule is C=CCc1cc(/C=C2\C(=O)N(c3ccccc3)N=C2c2ccccc2)cc(OC)c1OCc1cccc(Cl)c1. The number of hydrazone groups is 1. The maximum absolute atomic E-state index is 13.7. The van der Waals surface area contributed by atoms with Gasteiger partial charge in [-0.25, -0.2) is 0 Å². The fourth-order valence-corrected chi connectivity index (χ4v) is 4.65. The monoisotopic (exact) mass is 534 g/mol. The van der Waals surface area contributed by atoms with Crippen LogP contribution in [0.4, 0.5) is 5.69 Å². The average Bonchev–Trinajstić information content (AvgIpc) is 3.29. The molecule has 39 heavy (non-hydrogen) atoms. The Morgan fingerprint density at radius 3 is 2.38 bits per heavy atom. The van der Waals surface area contributed by atoms with Crippen molar-refractivity contribution in [3.8, 4) is 11.5 Å². The molecule has 0 N–H and O–H groups in total. The van der Waals surface area contributed by atoms with E-state index in [0.717, 1.165) is 22.3 Å². The van der Waals surface area contributed by atoms with Crippen molar-refractivity contribution in [2.75, 3.05) is 12.1 Å². The molecule has 0 unspecified atom stereocenters. The van der Waals surface area contributed by atoms with E-state index in [1.807, 2.05) is 109 Å². The summed E-state index contributed by atoms with van der Waals surface area (Å²) in [7, 11) is 1.60. The Morgan fingerprint density at radius 2 is 1.69 bits per heavy atom. The van der Waals surface area contributed by atoms with Crippen LogP contribution in [-0.4, -0.2) is 18.7 Å². The van der Waals surface area contributed by atoms with Gasteiger partial charge >= 0.3 is 0 Å². The first-order chi connectivity index (χ1) is 19.1. The first kappa shape index (κ1) is 26.0. The molecule has 4 aromatic rings. The minimum Gasteiger partial charge on any atom is -0.493 e. The zero-order valence-corrected chi connectivity index (χ0v) is 22.3. The fourth-order valence-electron chi connectivity index (χ4n) is 4.44. The van der Waals surface area contributed by atoms with Gasteiger partial charge in [-0.2, -0.15) is 10.1 Å². The van der Waals surface area contributed by atoms with Crippen LogP contribution in [0.3, 0.4) is 0 Å². The third kappa shape index (κ3) is 5.79. The number of amides is 1. The normalized spacial score (nSPS) is 13.9. The van der Waals surface area contributed by atoms with Gasteiger partial charge in [0.2, 0.25) is 0 Å². The van der Waals surface area contributed by atoms with Crippen molar-refractivity contribution in [2.45, 2.75) is 13.0 Å². The number of allylic oxidation sites excluding steroid dienone is 1. The molecule has 1 aliphatic rings. The van der Waals surface area contributed by atoms with Gasteiger partial charge in [-0.05, 0) is 60.0 Å². The lowest BCUT2D eigenvalue weighted by Gasteiger charge is -2.16. The number of methoxy groups -OCH3 is 1. The van der Waals surface area contributed by atoms with E-state index in [1.165, 1.54) is 5.01 Å². The molecular formula is C33H27ClN2O3. The van der Waals surface area contributed by atoms with Gasteiger partial charge in [0.05, 0.1) is 18.4 Å². The zero-order chi connectivity index (χ0) is 27.2. The van der Waals surface area contributed by atoms with Gasteiger partial charge in [0.15, 0.2) is 11.5 Å². The van der Waals surface area contributed by atoms with Crippen LogP contribution >= 0.6 is 11.6 Å². The molecule has 0 aliphatic carbocycles. The van der Waals surface area contributed by atoms with Crippen molar-refractivity contribution in [1.82, 2.24) is 0 Å². The van der Waals surface area contributed by atoms with Crippen LogP contribution in [0.25, 0.3) is 6.08 Å². The van der Waals surface area contributed by atoms with Crippen LogP contribution in [0.2, 0.25) is 5.02 Å². The van der Waals surface area contributed by atoms with Gasteiger partial charge < -0.3 is 9.47 Å². The van der Waals surface area contributed by atoms with E-state index in [-0.39, 0.29) is 5.91 Å². The molecule has 0 radical (unpaired) electrons. The second kappa shape index (κ2) is 11.8. The average molecular weight is 535 g/mol. The Hall–Kier alpha value is -4.61. The minimum absolute atomic E-state index is 0.203. The van der Waals surface area contributed by atoms with Crippen molar-refractivity contribution >= 4 is 35.0 Å². The van der Waals surface area contributed by atoms with Crippen LogP contribution in [0.15, 0.2) is 120 Å². The first-order valence-electron chi connectivity index (χ1n) is 12.5. The van der Waals surface area contributed by atoms with E-state index in [1.54, 1.807) is 7.11 Å². The number of rotatable bonds is 9. The topological polar surface area (TPSA) is 51.1 Å². The Bertz CT molecular complexity index is 1560. The van der Waals surface area contributed by atoms with Crippen LogP contribution in [0.5, 0.6) is 11.5 Å². The van der Waals surface area contributed by atoms with E-state index in [0.29, 0.717) is 46.5 Å². The van der Waals surface area contributed by atoms with Crippen molar-refractivity contribution in [3.63, 3.8) is 0 Å². The first-order valence-corrected chi connectivity index (χ1v) is 12.9. The Morgan fingerprint density at radius 1 is 0.949 bits per heavy atom. The van der Waals surface area contributed by atoms with Crippen LogP contribution in [0.1, 0.15) is 22.3 Å². The maximum Gasteiger partial charge on any atom is 0.281 e. The number of anilines is 1. The smallest absolute Gasteiger partial charge is 0.281 e. The summed E-state index contributed by atoms with van der Waals surface area (Å²) in [4.78, 5) is 13.7. The second-order valence-electron chi connectivity index (χ2n) is 8.95. The summed E-state index contributed by atoms with van der Waals surface area (Å²) in [6.07, 6.45) is 4.22. The van der Waals surface area contributed by atoms with Crippen LogP contribution in [-0.2, 0) is 17.8 Å². The van der Waals surface area contributed by atoms with Gasteiger partial charge in [-0.15, -0.1) is 6.58 Å². The van der Waals surface area contributed by atoms with E-state index in [4.69, 9.17) is 26.2 Å². The van der Waals surface area contributed by atoms with E-state index >= 15 is 0 Å². The number of carbonyl (C=O) groups excluding carboxylic acids is 1. The molecule has 6 heteroatoms. The van der Waals surface area contributed by atoms with Crippen molar-refractivity contribution < 1.29 is 14.3 Å². The highest BCUT2D eigenvalue weighted by molar-refractivity contribution is 6.37. The summed E-state index contributed by atoms with van der Waals surface area (Å²) in [6, 6.07) is 30.5. The molecule has 0 spiro atoms. The number of hydrogen-bond donors (Lipinski definition) is 0. The molecule has 5 rings (SSSR count). The van der Waals surface area contributed by atoms with Crippen molar-refractivity contribution in [3.05, 3.63) is 143 Å². The summed E-state index contributed by atoms with van der Waals surface area (Å²) in [6.45, 7) is 4.24. The number of benzene rings is 4. The van der Waals surface area contributed by atoms with Crippen molar-refractivity contribution in [2.24, 2.45) is 5.10 Å². The van der Waals surface area contributed by atoms with Gasteiger partial charge in [0, 0.05) is 16.1 Å². The third-order valence-electron chi connectivity index (χ3n) is 6.25. The van der Waals surface area contributed by atoms with E-state index in [9.17, 15) is 4.79 Å². The summed E-state index contributed by atoms with van der Waals surface area (Å²) < 4.78 is 12.0.